The molecule has 0 bridgehead atoms. The van der Waals surface area contributed by atoms with Crippen LogP contribution < -0.4 is 15.2 Å². The van der Waals surface area contributed by atoms with Gasteiger partial charge in [-0.05, 0) is 43.9 Å². The maximum absolute atomic E-state index is 13.7. The van der Waals surface area contributed by atoms with Crippen LogP contribution in [0.2, 0.25) is 5.02 Å². The van der Waals surface area contributed by atoms with Crippen LogP contribution in [0.15, 0.2) is 65.6 Å². The van der Waals surface area contributed by atoms with Gasteiger partial charge in [-0.25, -0.2) is 4.98 Å². The second kappa shape index (κ2) is 9.47. The largest absolute Gasteiger partial charge is 0.483 e. The molecule has 178 valence electrons. The van der Waals surface area contributed by atoms with Crippen LogP contribution in [0.25, 0.3) is 16.3 Å². The Balaban J connectivity index is 1.36. The molecule has 1 fully saturated rings. The third kappa shape index (κ3) is 4.46. The van der Waals surface area contributed by atoms with Crippen LogP contribution >= 0.6 is 22.9 Å². The molecule has 1 aliphatic heterocycles. The van der Waals surface area contributed by atoms with Crippen LogP contribution in [0, 0.1) is 0 Å². The molecule has 2 aliphatic rings. The Labute approximate surface area is 212 Å². The van der Waals surface area contributed by atoms with E-state index in [1.807, 2.05) is 30.3 Å². The van der Waals surface area contributed by atoms with E-state index in [4.69, 9.17) is 21.3 Å². The fourth-order valence-corrected chi connectivity index (χ4v) is 6.15. The molecule has 0 atom stereocenters. The number of nitrogens with zero attached hydrogens (tertiary/aromatic N) is 4. The van der Waals surface area contributed by atoms with Gasteiger partial charge in [-0.3, -0.25) is 4.79 Å². The molecule has 3 heterocycles. The Morgan fingerprint density at radius 3 is 2.69 bits per heavy atom. The fourth-order valence-electron chi connectivity index (χ4n) is 4.84. The predicted molar refractivity (Wildman–Crippen MR) is 140 cm³/mol. The van der Waals surface area contributed by atoms with Crippen molar-refractivity contribution in [3.05, 3.63) is 86.7 Å². The summed E-state index contributed by atoms with van der Waals surface area (Å²) in [5.41, 5.74) is 3.40. The van der Waals surface area contributed by atoms with Crippen LogP contribution in [0.1, 0.15) is 36.3 Å². The van der Waals surface area contributed by atoms with Crippen molar-refractivity contribution in [3.63, 3.8) is 0 Å². The molecule has 2 aromatic carbocycles. The molecule has 35 heavy (non-hydrogen) atoms. The van der Waals surface area contributed by atoms with Gasteiger partial charge in [0.05, 0.1) is 30.2 Å². The molecule has 0 radical (unpaired) electrons. The monoisotopic (exact) mass is 504 g/mol. The number of hydrogen-bond donors (Lipinski definition) is 0. The molecule has 4 aromatic rings. The summed E-state index contributed by atoms with van der Waals surface area (Å²) < 4.78 is 7.77. The Morgan fingerprint density at radius 1 is 1.06 bits per heavy atom. The van der Waals surface area contributed by atoms with Crippen LogP contribution in [0.5, 0.6) is 5.75 Å². The second-order valence-corrected chi connectivity index (χ2v) is 10.5. The zero-order valence-corrected chi connectivity index (χ0v) is 20.8. The lowest BCUT2D eigenvalue weighted by Crippen LogP contribution is -2.34. The quantitative estimate of drug-likeness (QED) is 0.339. The number of benzene rings is 2. The number of aromatic nitrogens is 3. The van der Waals surface area contributed by atoms with E-state index in [0.29, 0.717) is 23.0 Å². The molecular weight excluding hydrogens is 480 g/mol. The number of thiazole rings is 1. The summed E-state index contributed by atoms with van der Waals surface area (Å²) in [6.07, 6.45) is 6.84. The van der Waals surface area contributed by atoms with Crippen molar-refractivity contribution >= 4 is 28.6 Å². The van der Waals surface area contributed by atoms with Gasteiger partial charge in [-0.1, -0.05) is 48.0 Å². The van der Waals surface area contributed by atoms with Crippen LogP contribution in [-0.2, 0) is 13.0 Å². The van der Waals surface area contributed by atoms with E-state index in [1.165, 1.54) is 9.56 Å². The lowest BCUT2D eigenvalue weighted by Gasteiger charge is -2.30. The number of hydrogen-bond acceptors (Lipinski definition) is 6. The third-order valence-electron chi connectivity index (χ3n) is 6.65. The van der Waals surface area contributed by atoms with E-state index < -0.39 is 0 Å². The first kappa shape index (κ1) is 22.3. The SMILES string of the molecule is O=c1c(OC2CCCC2)c(N2CCc3nc(-c4ccccc4)sc3C2)cnn1-c1cccc(Cl)c1. The molecule has 0 amide bonds. The van der Waals surface area contributed by atoms with E-state index in [1.54, 1.807) is 29.7 Å². The highest BCUT2D eigenvalue weighted by Crippen LogP contribution is 2.36. The van der Waals surface area contributed by atoms with Crippen LogP contribution in [0.4, 0.5) is 5.69 Å². The first-order valence-electron chi connectivity index (χ1n) is 12.0. The summed E-state index contributed by atoms with van der Waals surface area (Å²) in [5.74, 6) is 0.378. The summed E-state index contributed by atoms with van der Waals surface area (Å²) in [4.78, 5) is 22.0. The Bertz CT molecular complexity index is 1410. The third-order valence-corrected chi connectivity index (χ3v) is 8.01. The number of fused-ring (bicyclic) bond motifs is 1. The molecule has 0 unspecified atom stereocenters. The zero-order chi connectivity index (χ0) is 23.8. The zero-order valence-electron chi connectivity index (χ0n) is 19.2. The number of halogens is 1. The van der Waals surface area contributed by atoms with Gasteiger partial charge in [-0.15, -0.1) is 11.3 Å². The molecular formula is C27H25ClN4O2S. The highest BCUT2D eigenvalue weighted by Gasteiger charge is 2.28. The number of ether oxygens (including phenoxy) is 1. The standard InChI is InChI=1S/C27H25ClN4O2S/c28-19-9-6-10-20(15-19)32-27(33)25(34-21-11-4-5-12-21)23(16-29-32)31-14-13-22-24(17-31)35-26(30-22)18-7-2-1-3-8-18/h1-3,6-10,15-16,21H,4-5,11-14,17H2. The van der Waals surface area contributed by atoms with Crippen molar-refractivity contribution in [1.29, 1.82) is 0 Å². The summed E-state index contributed by atoms with van der Waals surface area (Å²) in [6, 6.07) is 17.4. The van der Waals surface area contributed by atoms with Gasteiger partial charge >= 0.3 is 5.56 Å². The Hall–Kier alpha value is -3.16. The highest BCUT2D eigenvalue weighted by atomic mass is 35.5. The second-order valence-electron chi connectivity index (χ2n) is 9.01. The van der Waals surface area contributed by atoms with E-state index in [-0.39, 0.29) is 11.7 Å². The van der Waals surface area contributed by atoms with Crippen molar-refractivity contribution in [3.8, 4) is 22.0 Å². The van der Waals surface area contributed by atoms with Crippen molar-refractivity contribution in [2.24, 2.45) is 0 Å². The normalized spacial score (nSPS) is 15.9. The van der Waals surface area contributed by atoms with E-state index >= 15 is 0 Å². The minimum absolute atomic E-state index is 0.0603. The molecule has 1 saturated carbocycles. The van der Waals surface area contributed by atoms with Gasteiger partial charge in [0.1, 0.15) is 10.7 Å². The highest BCUT2D eigenvalue weighted by molar-refractivity contribution is 7.15. The summed E-state index contributed by atoms with van der Waals surface area (Å²) >= 11 is 7.90. The molecule has 0 N–H and O–H groups in total. The molecule has 2 aromatic heterocycles. The molecule has 0 spiro atoms. The maximum atomic E-state index is 13.7. The van der Waals surface area contributed by atoms with Gasteiger partial charge in [0.25, 0.3) is 0 Å². The topological polar surface area (TPSA) is 60.2 Å². The Morgan fingerprint density at radius 2 is 1.89 bits per heavy atom. The van der Waals surface area contributed by atoms with Crippen molar-refractivity contribution in [2.75, 3.05) is 11.4 Å². The van der Waals surface area contributed by atoms with Crippen molar-refractivity contribution < 1.29 is 4.74 Å². The van der Waals surface area contributed by atoms with Gasteiger partial charge < -0.3 is 9.64 Å². The predicted octanol–water partition coefficient (Wildman–Crippen LogP) is 5.89. The van der Waals surface area contributed by atoms with Gasteiger partial charge in [-0.2, -0.15) is 9.78 Å². The first-order valence-corrected chi connectivity index (χ1v) is 13.2. The molecule has 8 heteroatoms. The molecule has 0 saturated heterocycles. The summed E-state index contributed by atoms with van der Waals surface area (Å²) in [7, 11) is 0. The fraction of sp³-hybridized carbons (Fsp3) is 0.296. The summed E-state index contributed by atoms with van der Waals surface area (Å²) in [5, 5.41) is 6.11. The molecule has 6 rings (SSSR count). The van der Waals surface area contributed by atoms with E-state index in [9.17, 15) is 4.79 Å². The van der Waals surface area contributed by atoms with Crippen LogP contribution in [0.3, 0.4) is 0 Å². The summed E-state index contributed by atoms with van der Waals surface area (Å²) in [6.45, 7) is 1.44. The van der Waals surface area contributed by atoms with Gasteiger partial charge in [0, 0.05) is 28.4 Å². The van der Waals surface area contributed by atoms with E-state index in [0.717, 1.165) is 60.6 Å². The Kier molecular flexibility index (Phi) is 6.04. The van der Waals surface area contributed by atoms with E-state index in [2.05, 4.69) is 22.1 Å². The number of rotatable bonds is 5. The average Bonchev–Trinajstić information content (AvgIpc) is 3.55. The molecule has 6 nitrogen and oxygen atoms in total. The van der Waals surface area contributed by atoms with Crippen molar-refractivity contribution in [2.45, 2.75) is 44.8 Å². The maximum Gasteiger partial charge on any atom is 0.316 e. The van der Waals surface area contributed by atoms with Crippen LogP contribution in [-0.4, -0.2) is 27.4 Å². The lowest BCUT2D eigenvalue weighted by atomic mass is 10.1. The lowest BCUT2D eigenvalue weighted by molar-refractivity contribution is 0.206. The smallest absolute Gasteiger partial charge is 0.316 e. The average molecular weight is 505 g/mol. The minimum Gasteiger partial charge on any atom is -0.483 e. The van der Waals surface area contributed by atoms with Gasteiger partial charge in [0.15, 0.2) is 0 Å². The first-order chi connectivity index (χ1) is 17.2. The van der Waals surface area contributed by atoms with Crippen molar-refractivity contribution in [1.82, 2.24) is 14.8 Å². The molecule has 1 aliphatic carbocycles. The minimum atomic E-state index is -0.253. The van der Waals surface area contributed by atoms with Gasteiger partial charge in [0.2, 0.25) is 5.75 Å². The number of anilines is 1.